The Morgan fingerprint density at radius 1 is 1.12 bits per heavy atom. The first-order chi connectivity index (χ1) is 15.9. The Bertz CT molecular complexity index is 1180. The lowest BCUT2D eigenvalue weighted by Crippen LogP contribution is -2.24. The van der Waals surface area contributed by atoms with Crippen LogP contribution in [0.5, 0.6) is 11.5 Å². The Balaban J connectivity index is 1.97. The summed E-state index contributed by atoms with van der Waals surface area (Å²) in [4.78, 5) is 24.1. The van der Waals surface area contributed by atoms with E-state index >= 15 is 0 Å². The van der Waals surface area contributed by atoms with Crippen LogP contribution in [0.3, 0.4) is 0 Å². The van der Waals surface area contributed by atoms with Gasteiger partial charge >= 0.3 is 12.6 Å². The van der Waals surface area contributed by atoms with E-state index in [9.17, 15) is 26.8 Å². The van der Waals surface area contributed by atoms with Crippen molar-refractivity contribution in [2.75, 3.05) is 33.1 Å². The first-order valence-electron chi connectivity index (χ1n) is 9.74. The number of nitrogens with one attached hydrogen (secondary N) is 1. The summed E-state index contributed by atoms with van der Waals surface area (Å²) in [6, 6.07) is 8.46. The van der Waals surface area contributed by atoms with Crippen LogP contribution in [0.2, 0.25) is 0 Å². The summed E-state index contributed by atoms with van der Waals surface area (Å²) in [7, 11) is 0.368. The minimum atomic E-state index is -3.71. The number of anilines is 1. The minimum Gasteiger partial charge on any atom is -0.493 e. The average Bonchev–Trinajstić information content (AvgIpc) is 2.77. The molecular weight excluding hydrogens is 474 g/mol. The zero-order valence-electron chi connectivity index (χ0n) is 18.9. The summed E-state index contributed by atoms with van der Waals surface area (Å²) >= 11 is 0. The summed E-state index contributed by atoms with van der Waals surface area (Å²) in [5.41, 5.74) is 1.17. The molecule has 0 heterocycles. The molecule has 2 aromatic carbocycles. The summed E-state index contributed by atoms with van der Waals surface area (Å²) in [6.07, 6.45) is 2.39. The minimum absolute atomic E-state index is 0.0376. The standard InChI is InChI=1S/C22H24F2N2O7S/c1-14-5-8-16(12-19(14)34(29,30)26(2)3)25-20(27)13-32-21(28)10-7-15-6-9-17(33-22(23)24)18(11-15)31-4/h5-12,22H,13H2,1-4H3,(H,25,27)/b10-7+. The molecule has 0 radical (unpaired) electrons. The van der Waals surface area contributed by atoms with Gasteiger partial charge in [-0.2, -0.15) is 8.78 Å². The van der Waals surface area contributed by atoms with Gasteiger partial charge in [0.05, 0.1) is 12.0 Å². The third kappa shape index (κ3) is 7.25. The van der Waals surface area contributed by atoms with E-state index in [-0.39, 0.29) is 22.1 Å². The highest BCUT2D eigenvalue weighted by Gasteiger charge is 2.20. The molecular formula is C22H24F2N2O7S. The largest absolute Gasteiger partial charge is 0.493 e. The Kier molecular flexibility index (Phi) is 9.10. The molecule has 0 fully saturated rings. The van der Waals surface area contributed by atoms with Gasteiger partial charge in [0.15, 0.2) is 18.1 Å². The number of rotatable bonds is 10. The number of benzene rings is 2. The number of hydrogen-bond donors (Lipinski definition) is 1. The number of carbonyl (C=O) groups excluding carboxylic acids is 2. The topological polar surface area (TPSA) is 111 Å². The Hall–Kier alpha value is -3.51. The van der Waals surface area contributed by atoms with Crippen LogP contribution in [-0.2, 0) is 24.3 Å². The molecule has 1 N–H and O–H groups in total. The van der Waals surface area contributed by atoms with E-state index in [0.717, 1.165) is 10.4 Å². The second-order valence-electron chi connectivity index (χ2n) is 7.05. The number of carbonyl (C=O) groups is 2. The molecule has 0 unspecified atom stereocenters. The summed E-state index contributed by atoms with van der Waals surface area (Å²) in [6.45, 7) is -2.00. The highest BCUT2D eigenvalue weighted by atomic mass is 32.2. The lowest BCUT2D eigenvalue weighted by Gasteiger charge is -2.15. The van der Waals surface area contributed by atoms with Gasteiger partial charge in [-0.25, -0.2) is 17.5 Å². The molecule has 2 aromatic rings. The molecule has 0 bridgehead atoms. The second kappa shape index (κ2) is 11.6. The number of ether oxygens (including phenoxy) is 3. The van der Waals surface area contributed by atoms with Crippen molar-refractivity contribution < 1.29 is 41.0 Å². The number of amides is 1. The molecule has 34 heavy (non-hydrogen) atoms. The monoisotopic (exact) mass is 498 g/mol. The van der Waals surface area contributed by atoms with Crippen molar-refractivity contribution in [1.82, 2.24) is 4.31 Å². The number of alkyl halides is 2. The highest BCUT2D eigenvalue weighted by molar-refractivity contribution is 7.89. The average molecular weight is 499 g/mol. The van der Waals surface area contributed by atoms with E-state index in [0.29, 0.717) is 11.1 Å². The van der Waals surface area contributed by atoms with Crippen molar-refractivity contribution in [2.45, 2.75) is 18.4 Å². The Morgan fingerprint density at radius 3 is 2.44 bits per heavy atom. The van der Waals surface area contributed by atoms with E-state index in [1.165, 1.54) is 57.6 Å². The molecule has 0 aliphatic carbocycles. The van der Waals surface area contributed by atoms with E-state index in [1.807, 2.05) is 0 Å². The Morgan fingerprint density at radius 2 is 1.82 bits per heavy atom. The zero-order valence-corrected chi connectivity index (χ0v) is 19.7. The van der Waals surface area contributed by atoms with Gasteiger partial charge in [-0.05, 0) is 48.4 Å². The zero-order chi connectivity index (χ0) is 25.5. The van der Waals surface area contributed by atoms with Crippen LogP contribution in [0.25, 0.3) is 6.08 Å². The van der Waals surface area contributed by atoms with E-state index < -0.39 is 35.1 Å². The van der Waals surface area contributed by atoms with Gasteiger partial charge in [-0.1, -0.05) is 12.1 Å². The normalized spacial score (nSPS) is 11.6. The van der Waals surface area contributed by atoms with Gasteiger partial charge in [0.1, 0.15) is 0 Å². The molecule has 0 aliphatic heterocycles. The maximum absolute atomic E-state index is 12.4. The van der Waals surface area contributed by atoms with Crippen LogP contribution in [0.1, 0.15) is 11.1 Å². The molecule has 0 saturated carbocycles. The number of halogens is 2. The second-order valence-corrected chi connectivity index (χ2v) is 9.17. The number of aryl methyl sites for hydroxylation is 1. The van der Waals surface area contributed by atoms with Crippen LogP contribution in [-0.4, -0.2) is 59.0 Å². The molecule has 1 amide bonds. The quantitative estimate of drug-likeness (QED) is 0.396. The van der Waals surface area contributed by atoms with Crippen LogP contribution in [0.15, 0.2) is 47.4 Å². The molecule has 0 atom stereocenters. The number of nitrogens with zero attached hydrogens (tertiary/aromatic N) is 1. The number of methoxy groups -OCH3 is 1. The lowest BCUT2D eigenvalue weighted by atomic mass is 10.2. The predicted octanol–water partition coefficient (Wildman–Crippen LogP) is 3.05. The molecule has 0 aliphatic rings. The third-order valence-corrected chi connectivity index (χ3v) is 6.35. The smallest absolute Gasteiger partial charge is 0.387 e. The van der Waals surface area contributed by atoms with Crippen molar-refractivity contribution >= 4 is 33.7 Å². The van der Waals surface area contributed by atoms with Crippen LogP contribution < -0.4 is 14.8 Å². The third-order valence-electron chi connectivity index (χ3n) is 4.39. The Labute approximate surface area is 196 Å². The van der Waals surface area contributed by atoms with Crippen LogP contribution in [0, 0.1) is 6.92 Å². The summed E-state index contributed by atoms with van der Waals surface area (Å²) in [5, 5.41) is 2.47. The fourth-order valence-electron chi connectivity index (χ4n) is 2.68. The number of hydrogen-bond acceptors (Lipinski definition) is 7. The highest BCUT2D eigenvalue weighted by Crippen LogP contribution is 2.30. The molecule has 2 rings (SSSR count). The fourth-order valence-corrected chi connectivity index (χ4v) is 3.82. The van der Waals surface area contributed by atoms with Crippen LogP contribution in [0.4, 0.5) is 14.5 Å². The molecule has 12 heteroatoms. The maximum Gasteiger partial charge on any atom is 0.387 e. The van der Waals surface area contributed by atoms with Gasteiger partial charge in [0, 0.05) is 25.9 Å². The van der Waals surface area contributed by atoms with Gasteiger partial charge < -0.3 is 19.5 Å². The van der Waals surface area contributed by atoms with Crippen LogP contribution >= 0.6 is 0 Å². The molecule has 0 saturated heterocycles. The maximum atomic E-state index is 12.4. The fraction of sp³-hybridized carbons (Fsp3) is 0.273. The van der Waals surface area contributed by atoms with E-state index in [1.54, 1.807) is 13.0 Å². The van der Waals surface area contributed by atoms with Crippen molar-refractivity contribution in [1.29, 1.82) is 0 Å². The van der Waals surface area contributed by atoms with Crippen molar-refractivity contribution in [3.05, 3.63) is 53.6 Å². The van der Waals surface area contributed by atoms with E-state index in [4.69, 9.17) is 9.47 Å². The SMILES string of the molecule is COc1cc(/C=C/C(=O)OCC(=O)Nc2ccc(C)c(S(=O)(=O)N(C)C)c2)ccc1OC(F)F. The lowest BCUT2D eigenvalue weighted by molar-refractivity contribution is -0.142. The van der Waals surface area contributed by atoms with Gasteiger partial charge in [0.2, 0.25) is 10.0 Å². The summed E-state index contributed by atoms with van der Waals surface area (Å²) < 4.78 is 64.8. The van der Waals surface area contributed by atoms with Crippen molar-refractivity contribution in [3.8, 4) is 11.5 Å². The van der Waals surface area contributed by atoms with Gasteiger partial charge in [0.25, 0.3) is 5.91 Å². The van der Waals surface area contributed by atoms with Gasteiger partial charge in [-0.15, -0.1) is 0 Å². The summed E-state index contributed by atoms with van der Waals surface area (Å²) in [5.74, 6) is -1.62. The van der Waals surface area contributed by atoms with E-state index in [2.05, 4.69) is 10.1 Å². The molecule has 0 aromatic heterocycles. The van der Waals surface area contributed by atoms with Crippen molar-refractivity contribution in [2.24, 2.45) is 0 Å². The number of esters is 1. The van der Waals surface area contributed by atoms with Gasteiger partial charge in [-0.3, -0.25) is 4.79 Å². The first kappa shape index (κ1) is 26.7. The van der Waals surface area contributed by atoms with Crippen molar-refractivity contribution in [3.63, 3.8) is 0 Å². The number of sulfonamides is 1. The molecule has 0 spiro atoms. The molecule has 184 valence electrons. The molecule has 9 nitrogen and oxygen atoms in total. The first-order valence-corrected chi connectivity index (χ1v) is 11.2. The predicted molar refractivity (Wildman–Crippen MR) is 120 cm³/mol.